The van der Waals surface area contributed by atoms with Gasteiger partial charge in [0, 0.05) is 13.1 Å². The number of nitrogens with zero attached hydrogens (tertiary/aromatic N) is 1. The second-order valence-corrected chi connectivity index (χ2v) is 6.30. The minimum Gasteiger partial charge on any atom is -0.397 e. The van der Waals surface area contributed by atoms with Crippen LogP contribution < -0.4 is 5.73 Å². The predicted octanol–water partition coefficient (Wildman–Crippen LogP) is 0.206. The fourth-order valence-corrected chi connectivity index (χ4v) is 3.54. The molecule has 0 aliphatic rings. The van der Waals surface area contributed by atoms with E-state index in [2.05, 4.69) is 0 Å². The molecule has 1 aromatic carbocycles. The van der Waals surface area contributed by atoms with Crippen molar-refractivity contribution in [1.82, 2.24) is 4.31 Å². The predicted molar refractivity (Wildman–Crippen MR) is 73.5 cm³/mol. The molecule has 0 aromatic heterocycles. The molecule has 0 amide bonds. The zero-order valence-corrected chi connectivity index (χ0v) is 12.1. The van der Waals surface area contributed by atoms with Gasteiger partial charge in [-0.25, -0.2) is 8.42 Å². The molecule has 108 valence electrons. The van der Waals surface area contributed by atoms with Crippen molar-refractivity contribution in [3.05, 3.63) is 22.7 Å². The third-order valence-electron chi connectivity index (χ3n) is 2.61. The number of benzene rings is 1. The quantitative estimate of drug-likeness (QED) is 0.652. The summed E-state index contributed by atoms with van der Waals surface area (Å²) in [5.74, 6) is 0. The van der Waals surface area contributed by atoms with Crippen LogP contribution in [0.25, 0.3) is 0 Å². The summed E-state index contributed by atoms with van der Waals surface area (Å²) in [6, 6.07) is 2.76. The first kappa shape index (κ1) is 16.2. The van der Waals surface area contributed by atoms with E-state index < -0.39 is 10.0 Å². The fourth-order valence-electron chi connectivity index (χ4n) is 1.66. The van der Waals surface area contributed by atoms with Crippen molar-refractivity contribution in [3.8, 4) is 0 Å². The van der Waals surface area contributed by atoms with E-state index in [1.165, 1.54) is 12.1 Å². The van der Waals surface area contributed by atoms with Crippen LogP contribution in [-0.4, -0.2) is 49.2 Å². The van der Waals surface area contributed by atoms with Gasteiger partial charge in [0.25, 0.3) is 0 Å². The molecule has 1 aromatic rings. The number of hydrogen-bond donors (Lipinski definition) is 3. The highest BCUT2D eigenvalue weighted by molar-refractivity contribution is 7.89. The van der Waals surface area contributed by atoms with E-state index in [0.717, 1.165) is 4.31 Å². The number of nitrogens with two attached hydrogens (primary N) is 1. The zero-order valence-electron chi connectivity index (χ0n) is 10.5. The number of nitrogen functional groups attached to an aromatic ring is 1. The number of sulfonamides is 1. The normalized spacial score (nSPS) is 12.1. The van der Waals surface area contributed by atoms with Crippen LogP contribution in [0.15, 0.2) is 17.0 Å². The van der Waals surface area contributed by atoms with Gasteiger partial charge in [0.1, 0.15) is 0 Å². The Labute approximate surface area is 117 Å². The largest absolute Gasteiger partial charge is 0.397 e. The number of anilines is 1. The van der Waals surface area contributed by atoms with Crippen LogP contribution in [0.5, 0.6) is 0 Å². The van der Waals surface area contributed by atoms with Gasteiger partial charge < -0.3 is 15.9 Å². The lowest BCUT2D eigenvalue weighted by Gasteiger charge is -2.21. The maximum Gasteiger partial charge on any atom is 0.243 e. The highest BCUT2D eigenvalue weighted by atomic mass is 35.5. The second-order valence-electron chi connectivity index (χ2n) is 3.99. The molecule has 0 aliphatic heterocycles. The summed E-state index contributed by atoms with van der Waals surface area (Å²) in [5.41, 5.74) is 6.24. The van der Waals surface area contributed by atoms with Crippen LogP contribution in [-0.2, 0) is 10.0 Å². The lowest BCUT2D eigenvalue weighted by atomic mass is 10.2. The van der Waals surface area contributed by atoms with Crippen LogP contribution in [0.2, 0.25) is 5.02 Å². The number of aliphatic hydroxyl groups excluding tert-OH is 2. The Balaban J connectivity index is 3.28. The van der Waals surface area contributed by atoms with Gasteiger partial charge in [-0.1, -0.05) is 11.6 Å². The Morgan fingerprint density at radius 1 is 1.26 bits per heavy atom. The Morgan fingerprint density at radius 2 is 1.79 bits per heavy atom. The Morgan fingerprint density at radius 3 is 2.26 bits per heavy atom. The smallest absolute Gasteiger partial charge is 0.243 e. The monoisotopic (exact) mass is 308 g/mol. The molecule has 1 rings (SSSR count). The van der Waals surface area contributed by atoms with Gasteiger partial charge in [-0.2, -0.15) is 4.31 Å². The number of hydrogen-bond acceptors (Lipinski definition) is 5. The maximum absolute atomic E-state index is 12.4. The van der Waals surface area contributed by atoms with Crippen molar-refractivity contribution in [2.75, 3.05) is 32.0 Å². The van der Waals surface area contributed by atoms with Gasteiger partial charge in [0.2, 0.25) is 10.0 Å². The SMILES string of the molecule is Cc1cc(Cl)c(N)cc1S(=O)(=O)N(CCO)CCO. The number of aliphatic hydroxyl groups is 2. The van der Waals surface area contributed by atoms with Crippen molar-refractivity contribution in [2.24, 2.45) is 0 Å². The average Bonchev–Trinajstić information content (AvgIpc) is 2.33. The molecule has 0 fully saturated rings. The molecule has 8 heteroatoms. The summed E-state index contributed by atoms with van der Waals surface area (Å²) in [6.45, 7) is 0.757. The van der Waals surface area contributed by atoms with Gasteiger partial charge in [-0.15, -0.1) is 0 Å². The molecule has 0 bridgehead atoms. The van der Waals surface area contributed by atoms with Gasteiger partial charge in [0.05, 0.1) is 28.8 Å². The molecule has 0 unspecified atom stereocenters. The van der Waals surface area contributed by atoms with Crippen molar-refractivity contribution < 1.29 is 18.6 Å². The molecular formula is C11H17ClN2O4S. The van der Waals surface area contributed by atoms with Crippen LogP contribution >= 0.6 is 11.6 Å². The Kier molecular flexibility index (Phi) is 5.57. The lowest BCUT2D eigenvalue weighted by Crippen LogP contribution is -2.36. The molecule has 19 heavy (non-hydrogen) atoms. The maximum atomic E-state index is 12.4. The first-order chi connectivity index (χ1) is 8.84. The molecule has 0 saturated carbocycles. The lowest BCUT2D eigenvalue weighted by molar-refractivity contribution is 0.217. The average molecular weight is 309 g/mol. The van der Waals surface area contributed by atoms with E-state index in [4.69, 9.17) is 27.5 Å². The minimum absolute atomic E-state index is 0.0244. The first-order valence-electron chi connectivity index (χ1n) is 5.62. The van der Waals surface area contributed by atoms with E-state index in [-0.39, 0.29) is 41.9 Å². The second kappa shape index (κ2) is 6.53. The van der Waals surface area contributed by atoms with Crippen molar-refractivity contribution >= 4 is 27.3 Å². The van der Waals surface area contributed by atoms with Crippen LogP contribution in [0.4, 0.5) is 5.69 Å². The summed E-state index contributed by atoms with van der Waals surface area (Å²) in [6.07, 6.45) is 0. The summed E-state index contributed by atoms with van der Waals surface area (Å²) in [7, 11) is -3.82. The minimum atomic E-state index is -3.82. The van der Waals surface area contributed by atoms with Crippen LogP contribution in [0.3, 0.4) is 0 Å². The van der Waals surface area contributed by atoms with E-state index in [0.29, 0.717) is 5.56 Å². The van der Waals surface area contributed by atoms with Gasteiger partial charge in [-0.3, -0.25) is 0 Å². The highest BCUT2D eigenvalue weighted by Gasteiger charge is 2.26. The van der Waals surface area contributed by atoms with Crippen LogP contribution in [0.1, 0.15) is 5.56 Å². The highest BCUT2D eigenvalue weighted by Crippen LogP contribution is 2.28. The van der Waals surface area contributed by atoms with Gasteiger partial charge in [-0.05, 0) is 24.6 Å². The molecule has 0 spiro atoms. The fraction of sp³-hybridized carbons (Fsp3) is 0.455. The van der Waals surface area contributed by atoms with E-state index in [1.807, 2.05) is 0 Å². The number of rotatable bonds is 6. The molecule has 4 N–H and O–H groups in total. The van der Waals surface area contributed by atoms with Crippen molar-refractivity contribution in [3.63, 3.8) is 0 Å². The van der Waals surface area contributed by atoms with Gasteiger partial charge in [0.15, 0.2) is 0 Å². The van der Waals surface area contributed by atoms with E-state index in [9.17, 15) is 8.42 Å². The standard InChI is InChI=1S/C11H17ClN2O4S/c1-8-6-9(12)10(13)7-11(8)19(17,18)14(2-4-15)3-5-16/h6-7,15-16H,2-5,13H2,1H3. The number of halogens is 1. The molecule has 0 radical (unpaired) electrons. The molecule has 0 heterocycles. The topological polar surface area (TPSA) is 104 Å². The molecule has 0 aliphatic carbocycles. The third-order valence-corrected chi connectivity index (χ3v) is 4.98. The van der Waals surface area contributed by atoms with E-state index >= 15 is 0 Å². The molecule has 0 atom stereocenters. The molecule has 0 saturated heterocycles. The first-order valence-corrected chi connectivity index (χ1v) is 7.44. The summed E-state index contributed by atoms with van der Waals surface area (Å²) in [5, 5.41) is 18.1. The van der Waals surface area contributed by atoms with Crippen molar-refractivity contribution in [1.29, 1.82) is 0 Å². The third kappa shape index (κ3) is 3.58. The van der Waals surface area contributed by atoms with Crippen LogP contribution in [0, 0.1) is 6.92 Å². The zero-order chi connectivity index (χ0) is 14.6. The van der Waals surface area contributed by atoms with Gasteiger partial charge >= 0.3 is 0 Å². The Hall–Kier alpha value is -0.860. The summed E-state index contributed by atoms with van der Waals surface area (Å²) in [4.78, 5) is 0.0244. The summed E-state index contributed by atoms with van der Waals surface area (Å²) >= 11 is 5.82. The molecular weight excluding hydrogens is 292 g/mol. The van der Waals surface area contributed by atoms with Crippen molar-refractivity contribution in [2.45, 2.75) is 11.8 Å². The summed E-state index contributed by atoms with van der Waals surface area (Å²) < 4.78 is 25.8. The number of aryl methyl sites for hydroxylation is 1. The molecule has 6 nitrogen and oxygen atoms in total. The van der Waals surface area contributed by atoms with E-state index in [1.54, 1.807) is 6.92 Å². The Bertz CT molecular complexity index is 542.